The van der Waals surface area contributed by atoms with Gasteiger partial charge in [0.05, 0.1) is 6.61 Å². The lowest BCUT2D eigenvalue weighted by Gasteiger charge is -2.17. The minimum Gasteiger partial charge on any atom is -0.494 e. The SMILES string of the molecule is O=C1CCc2cc(OCCCC(=O)NC3CCNC3)ccc2N1. The lowest BCUT2D eigenvalue weighted by Crippen LogP contribution is -2.36. The molecule has 0 bridgehead atoms. The summed E-state index contributed by atoms with van der Waals surface area (Å²) in [4.78, 5) is 23.1. The van der Waals surface area contributed by atoms with Gasteiger partial charge in [-0.2, -0.15) is 0 Å². The van der Waals surface area contributed by atoms with Gasteiger partial charge in [0.15, 0.2) is 0 Å². The van der Waals surface area contributed by atoms with Crippen molar-refractivity contribution >= 4 is 17.5 Å². The Hall–Kier alpha value is -2.08. The second-order valence-corrected chi connectivity index (χ2v) is 6.08. The van der Waals surface area contributed by atoms with Gasteiger partial charge in [-0.25, -0.2) is 0 Å². The second kappa shape index (κ2) is 7.46. The van der Waals surface area contributed by atoms with Crippen LogP contribution in [0.2, 0.25) is 0 Å². The molecule has 1 aromatic carbocycles. The Morgan fingerprint density at radius 1 is 1.35 bits per heavy atom. The van der Waals surface area contributed by atoms with E-state index in [4.69, 9.17) is 4.74 Å². The number of hydrogen-bond acceptors (Lipinski definition) is 4. The Balaban J connectivity index is 1.39. The van der Waals surface area contributed by atoms with Crippen molar-refractivity contribution < 1.29 is 14.3 Å². The molecule has 3 N–H and O–H groups in total. The van der Waals surface area contributed by atoms with Crippen LogP contribution in [0.5, 0.6) is 5.75 Å². The monoisotopic (exact) mass is 317 g/mol. The number of ether oxygens (including phenoxy) is 1. The molecule has 2 aliphatic heterocycles. The highest BCUT2D eigenvalue weighted by molar-refractivity contribution is 5.94. The maximum absolute atomic E-state index is 11.8. The average molecular weight is 317 g/mol. The Kier molecular flexibility index (Phi) is 5.12. The molecule has 124 valence electrons. The summed E-state index contributed by atoms with van der Waals surface area (Å²) in [6, 6.07) is 5.98. The number of benzene rings is 1. The van der Waals surface area contributed by atoms with E-state index >= 15 is 0 Å². The summed E-state index contributed by atoms with van der Waals surface area (Å²) in [5.41, 5.74) is 1.98. The molecule has 0 spiro atoms. The molecule has 1 fully saturated rings. The quantitative estimate of drug-likeness (QED) is 0.689. The van der Waals surface area contributed by atoms with Crippen molar-refractivity contribution in [2.45, 2.75) is 38.1 Å². The highest BCUT2D eigenvalue weighted by atomic mass is 16.5. The number of aryl methyl sites for hydroxylation is 1. The van der Waals surface area contributed by atoms with E-state index in [-0.39, 0.29) is 17.9 Å². The van der Waals surface area contributed by atoms with Gasteiger partial charge in [0.2, 0.25) is 11.8 Å². The Morgan fingerprint density at radius 2 is 2.26 bits per heavy atom. The van der Waals surface area contributed by atoms with Crippen LogP contribution in [0, 0.1) is 0 Å². The van der Waals surface area contributed by atoms with Crippen LogP contribution in [-0.2, 0) is 16.0 Å². The van der Waals surface area contributed by atoms with Gasteiger partial charge in [-0.15, -0.1) is 0 Å². The maximum atomic E-state index is 11.8. The average Bonchev–Trinajstić information content (AvgIpc) is 3.04. The van der Waals surface area contributed by atoms with E-state index in [1.807, 2.05) is 18.2 Å². The van der Waals surface area contributed by atoms with Crippen molar-refractivity contribution in [1.29, 1.82) is 0 Å². The molecular weight excluding hydrogens is 294 g/mol. The van der Waals surface area contributed by atoms with Crippen LogP contribution in [0.4, 0.5) is 5.69 Å². The molecule has 2 amide bonds. The highest BCUT2D eigenvalue weighted by Gasteiger charge is 2.17. The van der Waals surface area contributed by atoms with Gasteiger partial charge in [0, 0.05) is 31.1 Å². The van der Waals surface area contributed by atoms with Crippen LogP contribution in [0.1, 0.15) is 31.2 Å². The van der Waals surface area contributed by atoms with Gasteiger partial charge < -0.3 is 20.7 Å². The van der Waals surface area contributed by atoms with E-state index in [1.165, 1.54) is 0 Å². The summed E-state index contributed by atoms with van der Waals surface area (Å²) < 4.78 is 5.71. The van der Waals surface area contributed by atoms with Crippen molar-refractivity contribution in [1.82, 2.24) is 10.6 Å². The topological polar surface area (TPSA) is 79.5 Å². The summed E-state index contributed by atoms with van der Waals surface area (Å²) in [5, 5.41) is 9.10. The van der Waals surface area contributed by atoms with Gasteiger partial charge in [0.25, 0.3) is 0 Å². The number of amides is 2. The predicted molar refractivity (Wildman–Crippen MR) is 87.5 cm³/mol. The minimum absolute atomic E-state index is 0.0645. The standard InChI is InChI=1S/C17H23N3O3/c21-16(19-13-7-8-18-11-13)2-1-9-23-14-4-5-15-12(10-14)3-6-17(22)20-15/h4-5,10,13,18H,1-3,6-9,11H2,(H,19,21)(H,20,22). The van der Waals surface area contributed by atoms with Crippen LogP contribution in [0.15, 0.2) is 18.2 Å². The van der Waals surface area contributed by atoms with E-state index in [0.717, 1.165) is 42.9 Å². The zero-order valence-corrected chi connectivity index (χ0v) is 13.2. The molecule has 6 heteroatoms. The van der Waals surface area contributed by atoms with Crippen LogP contribution in [-0.4, -0.2) is 37.6 Å². The normalized spacial score (nSPS) is 19.8. The number of hydrogen-bond donors (Lipinski definition) is 3. The van der Waals surface area contributed by atoms with E-state index in [2.05, 4.69) is 16.0 Å². The second-order valence-electron chi connectivity index (χ2n) is 6.08. The lowest BCUT2D eigenvalue weighted by molar-refractivity contribution is -0.122. The van der Waals surface area contributed by atoms with Crippen molar-refractivity contribution in [2.24, 2.45) is 0 Å². The lowest BCUT2D eigenvalue weighted by atomic mass is 10.0. The Morgan fingerprint density at radius 3 is 3.09 bits per heavy atom. The number of nitrogens with one attached hydrogen (secondary N) is 3. The molecule has 0 aliphatic carbocycles. The highest BCUT2D eigenvalue weighted by Crippen LogP contribution is 2.26. The number of fused-ring (bicyclic) bond motifs is 1. The smallest absolute Gasteiger partial charge is 0.224 e. The first-order chi connectivity index (χ1) is 11.2. The van der Waals surface area contributed by atoms with Gasteiger partial charge in [-0.1, -0.05) is 0 Å². The first-order valence-electron chi connectivity index (χ1n) is 8.26. The molecule has 2 heterocycles. The van der Waals surface area contributed by atoms with Crippen molar-refractivity contribution in [3.63, 3.8) is 0 Å². The third-order valence-corrected chi connectivity index (χ3v) is 4.21. The number of carbonyl (C=O) groups excluding carboxylic acids is 2. The molecule has 2 aliphatic rings. The summed E-state index contributed by atoms with van der Waals surface area (Å²) in [7, 11) is 0. The third kappa shape index (κ3) is 4.45. The van der Waals surface area contributed by atoms with E-state index in [0.29, 0.717) is 25.9 Å². The fourth-order valence-corrected chi connectivity index (χ4v) is 2.95. The van der Waals surface area contributed by atoms with Crippen LogP contribution in [0.3, 0.4) is 0 Å². The Bertz CT molecular complexity index is 582. The fraction of sp³-hybridized carbons (Fsp3) is 0.529. The van der Waals surface area contributed by atoms with E-state index in [1.54, 1.807) is 0 Å². The molecule has 1 saturated heterocycles. The summed E-state index contributed by atoms with van der Waals surface area (Å²) in [6.07, 6.45) is 3.45. The zero-order chi connectivity index (χ0) is 16.1. The largest absolute Gasteiger partial charge is 0.494 e. The van der Waals surface area contributed by atoms with Crippen molar-refractivity contribution in [3.05, 3.63) is 23.8 Å². The number of carbonyl (C=O) groups is 2. The summed E-state index contributed by atoms with van der Waals surface area (Å²) in [6.45, 7) is 2.36. The first-order valence-corrected chi connectivity index (χ1v) is 8.26. The molecule has 0 aromatic heterocycles. The molecule has 1 atom stereocenters. The third-order valence-electron chi connectivity index (χ3n) is 4.21. The molecule has 1 aromatic rings. The molecule has 3 rings (SSSR count). The first kappa shape index (κ1) is 15.8. The van der Waals surface area contributed by atoms with E-state index < -0.39 is 0 Å². The molecular formula is C17H23N3O3. The summed E-state index contributed by atoms with van der Waals surface area (Å²) >= 11 is 0. The molecule has 23 heavy (non-hydrogen) atoms. The summed E-state index contributed by atoms with van der Waals surface area (Å²) in [5.74, 6) is 0.949. The fourth-order valence-electron chi connectivity index (χ4n) is 2.95. The van der Waals surface area contributed by atoms with Gasteiger partial charge in [0.1, 0.15) is 5.75 Å². The van der Waals surface area contributed by atoms with Gasteiger partial charge in [-0.3, -0.25) is 9.59 Å². The Labute approximate surface area is 136 Å². The molecule has 1 unspecified atom stereocenters. The van der Waals surface area contributed by atoms with Crippen LogP contribution >= 0.6 is 0 Å². The number of rotatable bonds is 6. The predicted octanol–water partition coefficient (Wildman–Crippen LogP) is 1.21. The minimum atomic E-state index is 0.0645. The van der Waals surface area contributed by atoms with Crippen molar-refractivity contribution in [3.8, 4) is 5.75 Å². The molecule has 0 saturated carbocycles. The van der Waals surface area contributed by atoms with Crippen molar-refractivity contribution in [2.75, 3.05) is 25.0 Å². The maximum Gasteiger partial charge on any atom is 0.224 e. The molecule has 6 nitrogen and oxygen atoms in total. The van der Waals surface area contributed by atoms with Gasteiger partial charge in [-0.05, 0) is 49.6 Å². The van der Waals surface area contributed by atoms with Gasteiger partial charge >= 0.3 is 0 Å². The number of anilines is 1. The van der Waals surface area contributed by atoms with Crippen LogP contribution < -0.4 is 20.7 Å². The zero-order valence-electron chi connectivity index (χ0n) is 13.2. The van der Waals surface area contributed by atoms with Crippen LogP contribution in [0.25, 0.3) is 0 Å². The van der Waals surface area contributed by atoms with E-state index in [9.17, 15) is 9.59 Å². The molecule has 0 radical (unpaired) electrons.